The smallest absolute Gasteiger partial charge is 0.336 e. The summed E-state index contributed by atoms with van der Waals surface area (Å²) in [7, 11) is 0. The zero-order valence-corrected chi connectivity index (χ0v) is 10.2. The number of benzene rings is 2. The van der Waals surface area contributed by atoms with E-state index in [-0.39, 0.29) is 5.56 Å². The molecule has 0 radical (unpaired) electrons. The summed E-state index contributed by atoms with van der Waals surface area (Å²) in [6.07, 6.45) is 0. The Morgan fingerprint density at radius 1 is 1.11 bits per heavy atom. The highest BCUT2D eigenvalue weighted by Crippen LogP contribution is 2.28. The van der Waals surface area contributed by atoms with Crippen LogP contribution in [0, 0.1) is 19.7 Å². The molecule has 0 fully saturated rings. The highest BCUT2D eigenvalue weighted by molar-refractivity contribution is 5.97. The second kappa shape index (κ2) is 4.61. The molecule has 0 unspecified atom stereocenters. The third-order valence-electron chi connectivity index (χ3n) is 2.90. The molecule has 0 amide bonds. The van der Waals surface area contributed by atoms with Gasteiger partial charge in [-0.25, -0.2) is 9.18 Å². The van der Waals surface area contributed by atoms with Crippen LogP contribution in [0.15, 0.2) is 36.4 Å². The minimum Gasteiger partial charge on any atom is -0.478 e. The number of aryl methyl sites for hydroxylation is 2. The Morgan fingerprint density at radius 2 is 1.83 bits per heavy atom. The predicted octanol–water partition coefficient (Wildman–Crippen LogP) is 3.81. The summed E-state index contributed by atoms with van der Waals surface area (Å²) in [5.74, 6) is -1.44. The van der Waals surface area contributed by atoms with Crippen molar-refractivity contribution in [1.82, 2.24) is 0 Å². The van der Waals surface area contributed by atoms with Gasteiger partial charge in [0.05, 0.1) is 5.56 Å². The molecule has 0 aromatic heterocycles. The van der Waals surface area contributed by atoms with E-state index < -0.39 is 11.8 Å². The second-order valence-electron chi connectivity index (χ2n) is 4.29. The molecule has 0 heterocycles. The van der Waals surface area contributed by atoms with Crippen molar-refractivity contribution >= 4 is 5.97 Å². The maximum atomic E-state index is 13.9. The Hall–Kier alpha value is -2.16. The van der Waals surface area contributed by atoms with Gasteiger partial charge in [0, 0.05) is 5.56 Å². The van der Waals surface area contributed by atoms with Crippen molar-refractivity contribution in [2.45, 2.75) is 13.8 Å². The minimum absolute atomic E-state index is 0.153. The zero-order valence-electron chi connectivity index (χ0n) is 10.2. The van der Waals surface area contributed by atoms with Crippen molar-refractivity contribution in [3.8, 4) is 11.1 Å². The first-order valence-electron chi connectivity index (χ1n) is 5.60. The van der Waals surface area contributed by atoms with Crippen molar-refractivity contribution in [3.63, 3.8) is 0 Å². The molecule has 0 saturated heterocycles. The summed E-state index contributed by atoms with van der Waals surface area (Å²) in [5.41, 5.74) is 2.32. The van der Waals surface area contributed by atoms with Gasteiger partial charge in [-0.2, -0.15) is 0 Å². The maximum Gasteiger partial charge on any atom is 0.336 e. The van der Waals surface area contributed by atoms with Crippen LogP contribution in [0.1, 0.15) is 21.5 Å². The number of carboxylic acid groups (broad SMARTS) is 1. The van der Waals surface area contributed by atoms with E-state index in [4.69, 9.17) is 0 Å². The summed E-state index contributed by atoms with van der Waals surface area (Å²) in [4.78, 5) is 11.3. The molecule has 2 nitrogen and oxygen atoms in total. The average molecular weight is 244 g/mol. The Morgan fingerprint density at radius 3 is 2.44 bits per heavy atom. The van der Waals surface area contributed by atoms with Gasteiger partial charge in [0.1, 0.15) is 5.82 Å². The molecule has 3 heteroatoms. The molecule has 0 spiro atoms. The molecule has 2 aromatic rings. The molecule has 0 aliphatic rings. The molecule has 2 rings (SSSR count). The summed E-state index contributed by atoms with van der Waals surface area (Å²) in [6, 6.07) is 9.86. The van der Waals surface area contributed by atoms with Gasteiger partial charge in [0.25, 0.3) is 0 Å². The quantitative estimate of drug-likeness (QED) is 0.872. The molecule has 1 N–H and O–H groups in total. The second-order valence-corrected chi connectivity index (χ2v) is 4.29. The van der Waals surface area contributed by atoms with Crippen LogP contribution in [0.4, 0.5) is 4.39 Å². The van der Waals surface area contributed by atoms with Crippen LogP contribution in [0.2, 0.25) is 0 Å². The Labute approximate surface area is 105 Å². The number of aromatic carboxylic acids is 1. The van der Waals surface area contributed by atoms with Gasteiger partial charge in [-0.3, -0.25) is 0 Å². The molecule has 2 aromatic carbocycles. The van der Waals surface area contributed by atoms with Crippen molar-refractivity contribution in [2.75, 3.05) is 0 Å². The van der Waals surface area contributed by atoms with Crippen LogP contribution in [0.25, 0.3) is 11.1 Å². The summed E-state index contributed by atoms with van der Waals surface area (Å²) in [6.45, 7) is 3.50. The van der Waals surface area contributed by atoms with Crippen LogP contribution in [-0.4, -0.2) is 11.1 Å². The summed E-state index contributed by atoms with van der Waals surface area (Å²) >= 11 is 0. The zero-order chi connectivity index (χ0) is 13.3. The van der Waals surface area contributed by atoms with Gasteiger partial charge in [0.15, 0.2) is 0 Å². The molecule has 18 heavy (non-hydrogen) atoms. The monoisotopic (exact) mass is 244 g/mol. The van der Waals surface area contributed by atoms with Crippen LogP contribution >= 0.6 is 0 Å². The van der Waals surface area contributed by atoms with Crippen molar-refractivity contribution in [1.29, 1.82) is 0 Å². The topological polar surface area (TPSA) is 37.3 Å². The SMILES string of the molecule is Cc1ccc(-c2cccc(C)c2C(=O)O)c(F)c1. The fraction of sp³-hybridized carbons (Fsp3) is 0.133. The maximum absolute atomic E-state index is 13.9. The Bertz CT molecular complexity index is 618. The van der Waals surface area contributed by atoms with Gasteiger partial charge >= 0.3 is 5.97 Å². The minimum atomic E-state index is -1.04. The molecule has 0 bridgehead atoms. The van der Waals surface area contributed by atoms with Crippen molar-refractivity contribution in [2.24, 2.45) is 0 Å². The van der Waals surface area contributed by atoms with E-state index in [0.29, 0.717) is 16.7 Å². The van der Waals surface area contributed by atoms with Crippen molar-refractivity contribution in [3.05, 3.63) is 58.9 Å². The van der Waals surface area contributed by atoms with E-state index in [9.17, 15) is 14.3 Å². The fourth-order valence-corrected chi connectivity index (χ4v) is 2.01. The van der Waals surface area contributed by atoms with Crippen LogP contribution in [0.5, 0.6) is 0 Å². The van der Waals surface area contributed by atoms with Gasteiger partial charge in [-0.15, -0.1) is 0 Å². The number of halogens is 1. The fourth-order valence-electron chi connectivity index (χ4n) is 2.01. The van der Waals surface area contributed by atoms with Crippen LogP contribution in [0.3, 0.4) is 0 Å². The molecule has 92 valence electrons. The highest BCUT2D eigenvalue weighted by atomic mass is 19.1. The Balaban J connectivity index is 2.71. The van der Waals surface area contributed by atoms with E-state index in [1.54, 1.807) is 44.2 Å². The predicted molar refractivity (Wildman–Crippen MR) is 68.3 cm³/mol. The first-order valence-corrected chi connectivity index (χ1v) is 5.60. The number of hydrogen-bond acceptors (Lipinski definition) is 1. The largest absolute Gasteiger partial charge is 0.478 e. The number of hydrogen-bond donors (Lipinski definition) is 1. The van der Waals surface area contributed by atoms with E-state index in [2.05, 4.69) is 0 Å². The first-order chi connectivity index (χ1) is 8.50. The normalized spacial score (nSPS) is 10.4. The molecular formula is C15H13FO2. The first kappa shape index (κ1) is 12.3. The lowest BCUT2D eigenvalue weighted by Crippen LogP contribution is -2.03. The standard InChI is InChI=1S/C15H13FO2/c1-9-6-7-11(13(16)8-9)12-5-3-4-10(2)14(12)15(17)18/h3-8H,1-2H3,(H,17,18). The molecule has 0 aliphatic carbocycles. The van der Waals surface area contributed by atoms with E-state index >= 15 is 0 Å². The number of carboxylic acids is 1. The van der Waals surface area contributed by atoms with Crippen LogP contribution in [-0.2, 0) is 0 Å². The van der Waals surface area contributed by atoms with Crippen LogP contribution < -0.4 is 0 Å². The summed E-state index contributed by atoms with van der Waals surface area (Å²) in [5, 5.41) is 9.23. The third-order valence-corrected chi connectivity index (χ3v) is 2.90. The summed E-state index contributed by atoms with van der Waals surface area (Å²) < 4.78 is 13.9. The van der Waals surface area contributed by atoms with Gasteiger partial charge in [-0.1, -0.05) is 30.3 Å². The lowest BCUT2D eigenvalue weighted by atomic mass is 9.95. The van der Waals surface area contributed by atoms with Gasteiger partial charge in [-0.05, 0) is 36.6 Å². The molecule has 0 saturated carbocycles. The molecule has 0 aliphatic heterocycles. The third kappa shape index (κ3) is 2.12. The lowest BCUT2D eigenvalue weighted by Gasteiger charge is -2.10. The number of rotatable bonds is 2. The number of carbonyl (C=O) groups is 1. The van der Waals surface area contributed by atoms with Gasteiger partial charge in [0.2, 0.25) is 0 Å². The average Bonchev–Trinajstić information content (AvgIpc) is 2.28. The van der Waals surface area contributed by atoms with Gasteiger partial charge < -0.3 is 5.11 Å². The molecular weight excluding hydrogens is 231 g/mol. The van der Waals surface area contributed by atoms with E-state index in [1.807, 2.05) is 0 Å². The van der Waals surface area contributed by atoms with E-state index in [1.165, 1.54) is 6.07 Å². The highest BCUT2D eigenvalue weighted by Gasteiger charge is 2.16. The lowest BCUT2D eigenvalue weighted by molar-refractivity contribution is 0.0697. The Kier molecular flexibility index (Phi) is 3.15. The molecule has 0 atom stereocenters. The van der Waals surface area contributed by atoms with E-state index in [0.717, 1.165) is 5.56 Å². The van der Waals surface area contributed by atoms with Crippen molar-refractivity contribution < 1.29 is 14.3 Å².